The summed E-state index contributed by atoms with van der Waals surface area (Å²) in [5, 5.41) is 2.75. The number of carbonyl (C=O) groups is 1. The van der Waals surface area contributed by atoms with Gasteiger partial charge in [-0.3, -0.25) is 4.79 Å². The van der Waals surface area contributed by atoms with Crippen molar-refractivity contribution in [3.8, 4) is 0 Å². The number of amides is 1. The molecule has 6 heteroatoms. The fourth-order valence-corrected chi connectivity index (χ4v) is 1.90. The first-order valence-corrected chi connectivity index (χ1v) is 6.85. The van der Waals surface area contributed by atoms with E-state index in [2.05, 4.69) is 5.32 Å². The van der Waals surface area contributed by atoms with Gasteiger partial charge < -0.3 is 11.1 Å². The van der Waals surface area contributed by atoms with Gasteiger partial charge in [0.15, 0.2) is 0 Å². The highest BCUT2D eigenvalue weighted by molar-refractivity contribution is 7.99. The monoisotopic (exact) mass is 288 g/mol. The van der Waals surface area contributed by atoms with Crippen molar-refractivity contribution in [1.82, 2.24) is 0 Å². The van der Waals surface area contributed by atoms with Crippen molar-refractivity contribution in [2.24, 2.45) is 11.1 Å². The summed E-state index contributed by atoms with van der Waals surface area (Å²) in [5.74, 6) is -2.60. The molecule has 0 radical (unpaired) electrons. The molecule has 0 aliphatic heterocycles. The third-order valence-corrected chi connectivity index (χ3v) is 3.84. The Bertz CT molecular complexity index is 419. The molecule has 106 valence electrons. The van der Waals surface area contributed by atoms with Gasteiger partial charge in [-0.1, -0.05) is 18.7 Å². The van der Waals surface area contributed by atoms with Gasteiger partial charge in [-0.05, 0) is 37.6 Å². The van der Waals surface area contributed by atoms with Crippen molar-refractivity contribution >= 4 is 23.4 Å². The zero-order chi connectivity index (χ0) is 14.5. The minimum Gasteiger partial charge on any atom is -0.329 e. The molecule has 0 heterocycles. The minimum atomic E-state index is -2.44. The van der Waals surface area contributed by atoms with Crippen LogP contribution in [0.15, 0.2) is 29.2 Å². The second-order valence-corrected chi connectivity index (χ2v) is 5.54. The minimum absolute atomic E-state index is 0.160. The predicted octanol–water partition coefficient (Wildman–Crippen LogP) is 3.31. The molecule has 0 aliphatic carbocycles. The number of thioether (sulfide) groups is 1. The van der Waals surface area contributed by atoms with Gasteiger partial charge in [0.25, 0.3) is 5.76 Å². The summed E-state index contributed by atoms with van der Waals surface area (Å²) in [4.78, 5) is 12.5. The van der Waals surface area contributed by atoms with Crippen molar-refractivity contribution in [3.63, 3.8) is 0 Å². The summed E-state index contributed by atoms with van der Waals surface area (Å²) >= 11 is 0.475. The average Bonchev–Trinajstić information content (AvgIpc) is 2.39. The van der Waals surface area contributed by atoms with E-state index < -0.39 is 11.2 Å². The SMILES string of the molecule is CCC(C)(CN)C(=O)Nc1ccc(SC(F)F)cc1. The Morgan fingerprint density at radius 2 is 2.00 bits per heavy atom. The number of nitrogens with one attached hydrogen (secondary N) is 1. The maximum atomic E-state index is 12.2. The summed E-state index contributed by atoms with van der Waals surface area (Å²) in [6.07, 6.45) is 0.634. The van der Waals surface area contributed by atoms with E-state index in [9.17, 15) is 13.6 Å². The van der Waals surface area contributed by atoms with Gasteiger partial charge in [-0.15, -0.1) is 0 Å². The number of benzene rings is 1. The van der Waals surface area contributed by atoms with E-state index in [0.29, 0.717) is 28.8 Å². The maximum absolute atomic E-state index is 12.2. The molecule has 1 aromatic carbocycles. The number of carbonyl (C=O) groups excluding carboxylic acids is 1. The maximum Gasteiger partial charge on any atom is 0.288 e. The van der Waals surface area contributed by atoms with E-state index >= 15 is 0 Å². The zero-order valence-electron chi connectivity index (χ0n) is 11.0. The topological polar surface area (TPSA) is 55.1 Å². The van der Waals surface area contributed by atoms with Gasteiger partial charge in [0.1, 0.15) is 0 Å². The van der Waals surface area contributed by atoms with Crippen LogP contribution in [0.2, 0.25) is 0 Å². The number of anilines is 1. The highest BCUT2D eigenvalue weighted by Gasteiger charge is 2.29. The quantitative estimate of drug-likeness (QED) is 0.790. The van der Waals surface area contributed by atoms with Gasteiger partial charge >= 0.3 is 0 Å². The second-order valence-electron chi connectivity index (χ2n) is 4.48. The normalized spacial score (nSPS) is 14.2. The van der Waals surface area contributed by atoms with Crippen molar-refractivity contribution in [3.05, 3.63) is 24.3 Å². The number of hydrogen-bond donors (Lipinski definition) is 2. The van der Waals surface area contributed by atoms with Crippen LogP contribution < -0.4 is 11.1 Å². The Labute approximate surface area is 115 Å². The second kappa shape index (κ2) is 6.86. The summed E-state index contributed by atoms with van der Waals surface area (Å²) in [7, 11) is 0. The molecule has 1 amide bonds. The summed E-state index contributed by atoms with van der Waals surface area (Å²) in [5.41, 5.74) is 5.57. The van der Waals surface area contributed by atoms with E-state index in [0.717, 1.165) is 0 Å². The Balaban J connectivity index is 2.70. The van der Waals surface area contributed by atoms with Gasteiger partial charge in [0.2, 0.25) is 5.91 Å². The van der Waals surface area contributed by atoms with Crippen LogP contribution in [0.4, 0.5) is 14.5 Å². The van der Waals surface area contributed by atoms with E-state index in [-0.39, 0.29) is 12.5 Å². The number of alkyl halides is 2. The molecule has 1 atom stereocenters. The van der Waals surface area contributed by atoms with Crippen LogP contribution in [-0.2, 0) is 4.79 Å². The smallest absolute Gasteiger partial charge is 0.288 e. The van der Waals surface area contributed by atoms with Crippen LogP contribution >= 0.6 is 11.8 Å². The van der Waals surface area contributed by atoms with Gasteiger partial charge in [-0.25, -0.2) is 0 Å². The highest BCUT2D eigenvalue weighted by atomic mass is 32.2. The van der Waals surface area contributed by atoms with Crippen LogP contribution in [0.1, 0.15) is 20.3 Å². The van der Waals surface area contributed by atoms with Crippen LogP contribution in [0.5, 0.6) is 0 Å². The molecule has 19 heavy (non-hydrogen) atoms. The average molecular weight is 288 g/mol. The van der Waals surface area contributed by atoms with Crippen LogP contribution in [0.3, 0.4) is 0 Å². The molecular weight excluding hydrogens is 270 g/mol. The lowest BCUT2D eigenvalue weighted by Crippen LogP contribution is -2.39. The first-order chi connectivity index (χ1) is 8.91. The molecule has 1 aromatic rings. The third-order valence-electron chi connectivity index (χ3n) is 3.12. The molecule has 0 saturated carbocycles. The third kappa shape index (κ3) is 4.47. The van der Waals surface area contributed by atoms with Crippen LogP contribution in [0, 0.1) is 5.41 Å². The Morgan fingerprint density at radius 3 is 2.42 bits per heavy atom. The molecule has 3 nitrogen and oxygen atoms in total. The molecular formula is C13H18F2N2OS. The lowest BCUT2D eigenvalue weighted by molar-refractivity contribution is -0.124. The van der Waals surface area contributed by atoms with E-state index in [1.54, 1.807) is 31.2 Å². The van der Waals surface area contributed by atoms with Crippen molar-refractivity contribution in [2.45, 2.75) is 30.9 Å². The van der Waals surface area contributed by atoms with Crippen molar-refractivity contribution < 1.29 is 13.6 Å². The van der Waals surface area contributed by atoms with Gasteiger partial charge in [0.05, 0.1) is 5.41 Å². The number of halogens is 2. The summed E-state index contributed by atoms with van der Waals surface area (Å²) in [6.45, 7) is 3.95. The largest absolute Gasteiger partial charge is 0.329 e. The van der Waals surface area contributed by atoms with Crippen molar-refractivity contribution in [2.75, 3.05) is 11.9 Å². The first-order valence-electron chi connectivity index (χ1n) is 5.97. The van der Waals surface area contributed by atoms with E-state index in [1.807, 2.05) is 6.92 Å². The molecule has 0 spiro atoms. The zero-order valence-corrected chi connectivity index (χ0v) is 11.8. The van der Waals surface area contributed by atoms with E-state index in [4.69, 9.17) is 5.73 Å². The Hall–Kier alpha value is -1.14. The van der Waals surface area contributed by atoms with Crippen molar-refractivity contribution in [1.29, 1.82) is 0 Å². The first kappa shape index (κ1) is 15.9. The van der Waals surface area contributed by atoms with Crippen LogP contribution in [-0.4, -0.2) is 18.2 Å². The fraction of sp³-hybridized carbons (Fsp3) is 0.462. The number of rotatable bonds is 6. The molecule has 0 fully saturated rings. The molecule has 0 bridgehead atoms. The molecule has 0 saturated heterocycles. The Kier molecular flexibility index (Phi) is 5.75. The molecule has 1 unspecified atom stereocenters. The lowest BCUT2D eigenvalue weighted by atomic mass is 9.86. The summed E-state index contributed by atoms with van der Waals surface area (Å²) < 4.78 is 24.3. The molecule has 0 aromatic heterocycles. The highest BCUT2D eigenvalue weighted by Crippen LogP contribution is 2.27. The molecule has 1 rings (SSSR count). The van der Waals surface area contributed by atoms with Gasteiger partial charge in [-0.2, -0.15) is 8.78 Å². The Morgan fingerprint density at radius 1 is 1.42 bits per heavy atom. The standard InChI is InChI=1S/C13H18F2N2OS/c1-3-13(2,8-16)11(18)17-9-4-6-10(7-5-9)19-12(14)15/h4-7,12H,3,8,16H2,1-2H3,(H,17,18). The number of nitrogens with two attached hydrogens (primary N) is 1. The van der Waals surface area contributed by atoms with Crippen LogP contribution in [0.25, 0.3) is 0 Å². The van der Waals surface area contributed by atoms with Gasteiger partial charge in [0, 0.05) is 17.1 Å². The molecule has 0 aliphatic rings. The number of hydrogen-bond acceptors (Lipinski definition) is 3. The summed E-state index contributed by atoms with van der Waals surface area (Å²) in [6, 6.07) is 6.32. The fourth-order valence-electron chi connectivity index (χ4n) is 1.40. The predicted molar refractivity (Wildman–Crippen MR) is 74.4 cm³/mol. The lowest BCUT2D eigenvalue weighted by Gasteiger charge is -2.24. The van der Waals surface area contributed by atoms with E-state index in [1.165, 1.54) is 0 Å². The molecule has 3 N–H and O–H groups in total.